The molecule has 0 heterocycles. The van der Waals surface area contributed by atoms with Crippen molar-refractivity contribution in [1.29, 1.82) is 0 Å². The minimum Gasteiger partial charge on any atom is -0.376 e. The number of carbonyl (C=O) groups excluding carboxylic acids is 1. The number of benzene rings is 1. The monoisotopic (exact) mass is 226 g/mol. The summed E-state index contributed by atoms with van der Waals surface area (Å²) in [5.41, 5.74) is 1.67. The third-order valence-electron chi connectivity index (χ3n) is 2.03. The van der Waals surface area contributed by atoms with Gasteiger partial charge in [0.15, 0.2) is 0 Å². The summed E-state index contributed by atoms with van der Waals surface area (Å²) in [6.45, 7) is 1.81. The molecular formula is C11H15ClN2O. The molecule has 3 nitrogen and oxygen atoms in total. The van der Waals surface area contributed by atoms with Crippen LogP contribution in [-0.2, 0) is 4.79 Å². The summed E-state index contributed by atoms with van der Waals surface area (Å²) in [5, 5.41) is 3.39. The maximum absolute atomic E-state index is 11.1. The molecule has 0 spiro atoms. The number of halogens is 1. The topological polar surface area (TPSA) is 32.3 Å². The van der Waals surface area contributed by atoms with Crippen LogP contribution in [0, 0.1) is 0 Å². The number of nitrogens with one attached hydrogen (secondary N) is 1. The molecule has 0 saturated heterocycles. The lowest BCUT2D eigenvalue weighted by Crippen LogP contribution is -2.11. The average molecular weight is 227 g/mol. The second-order valence-corrected chi connectivity index (χ2v) is 3.87. The highest BCUT2D eigenvalue weighted by atomic mass is 35.5. The second kappa shape index (κ2) is 5.03. The number of amides is 1. The highest BCUT2D eigenvalue weighted by Crippen LogP contribution is 2.27. The molecule has 0 aliphatic carbocycles. The fourth-order valence-corrected chi connectivity index (χ4v) is 1.55. The molecule has 0 aliphatic heterocycles. The summed E-state index contributed by atoms with van der Waals surface area (Å²) in [7, 11) is 3.84. The Morgan fingerprint density at radius 3 is 2.60 bits per heavy atom. The Labute approximate surface area is 95.0 Å². The summed E-state index contributed by atoms with van der Waals surface area (Å²) in [5.74, 6) is -0.0105. The fraction of sp³-hybridized carbons (Fsp3) is 0.364. The molecule has 4 heteroatoms. The first kappa shape index (κ1) is 11.9. The first-order valence-corrected chi connectivity index (χ1v) is 5.19. The maximum atomic E-state index is 11.1. The van der Waals surface area contributed by atoms with Gasteiger partial charge in [0.2, 0.25) is 5.91 Å². The van der Waals surface area contributed by atoms with Gasteiger partial charge in [-0.2, -0.15) is 0 Å². The molecule has 0 bridgehead atoms. The Bertz CT molecular complexity index is 364. The normalized spacial score (nSPS) is 9.87. The third-order valence-corrected chi connectivity index (χ3v) is 2.34. The van der Waals surface area contributed by atoms with E-state index in [-0.39, 0.29) is 5.91 Å². The van der Waals surface area contributed by atoms with Crippen molar-refractivity contribution < 1.29 is 4.79 Å². The van der Waals surface area contributed by atoms with Crippen molar-refractivity contribution in [2.75, 3.05) is 24.3 Å². The minimum atomic E-state index is -0.0105. The summed E-state index contributed by atoms with van der Waals surface area (Å²) in [4.78, 5) is 13.1. The van der Waals surface area contributed by atoms with Crippen LogP contribution in [0.1, 0.15) is 13.3 Å². The Hall–Kier alpha value is -1.22. The predicted molar refractivity (Wildman–Crippen MR) is 64.7 cm³/mol. The SMILES string of the molecule is CCC(=O)Nc1ccc(N(C)C)c(Cl)c1. The van der Waals surface area contributed by atoms with Crippen LogP contribution in [0.15, 0.2) is 18.2 Å². The molecule has 0 radical (unpaired) electrons. The maximum Gasteiger partial charge on any atom is 0.224 e. The molecule has 0 saturated carbocycles. The molecule has 15 heavy (non-hydrogen) atoms. The van der Waals surface area contributed by atoms with Crippen molar-refractivity contribution in [3.63, 3.8) is 0 Å². The van der Waals surface area contributed by atoms with Crippen LogP contribution in [0.4, 0.5) is 11.4 Å². The van der Waals surface area contributed by atoms with Crippen LogP contribution >= 0.6 is 11.6 Å². The number of carbonyl (C=O) groups is 1. The molecule has 1 N–H and O–H groups in total. The van der Waals surface area contributed by atoms with Crippen molar-refractivity contribution in [3.05, 3.63) is 23.2 Å². The van der Waals surface area contributed by atoms with Crippen molar-refractivity contribution in [2.24, 2.45) is 0 Å². The van der Waals surface area contributed by atoms with Gasteiger partial charge in [-0.3, -0.25) is 4.79 Å². The molecule has 0 atom stereocenters. The molecular weight excluding hydrogens is 212 g/mol. The molecule has 0 aliphatic rings. The van der Waals surface area contributed by atoms with Crippen LogP contribution < -0.4 is 10.2 Å². The van der Waals surface area contributed by atoms with E-state index in [1.54, 1.807) is 6.07 Å². The summed E-state index contributed by atoms with van der Waals surface area (Å²) in [6.07, 6.45) is 0.465. The van der Waals surface area contributed by atoms with E-state index in [2.05, 4.69) is 5.32 Å². The largest absolute Gasteiger partial charge is 0.376 e. The average Bonchev–Trinajstić information content (AvgIpc) is 2.17. The third kappa shape index (κ3) is 3.13. The van der Waals surface area contributed by atoms with Gasteiger partial charge in [-0.05, 0) is 18.2 Å². The summed E-state index contributed by atoms with van der Waals surface area (Å²) >= 11 is 6.06. The number of hydrogen-bond acceptors (Lipinski definition) is 2. The lowest BCUT2D eigenvalue weighted by Gasteiger charge is -2.15. The van der Waals surface area contributed by atoms with Crippen LogP contribution in [0.25, 0.3) is 0 Å². The number of hydrogen-bond donors (Lipinski definition) is 1. The van der Waals surface area contributed by atoms with Gasteiger partial charge in [-0.25, -0.2) is 0 Å². The summed E-state index contributed by atoms with van der Waals surface area (Å²) in [6, 6.07) is 5.48. The Morgan fingerprint density at radius 2 is 2.13 bits per heavy atom. The van der Waals surface area contributed by atoms with Crippen molar-refractivity contribution >= 4 is 28.9 Å². The Kier molecular flexibility index (Phi) is 3.97. The molecule has 0 fully saturated rings. The van der Waals surface area contributed by atoms with Gasteiger partial charge in [-0.15, -0.1) is 0 Å². The predicted octanol–water partition coefficient (Wildman–Crippen LogP) is 2.75. The second-order valence-electron chi connectivity index (χ2n) is 3.46. The highest BCUT2D eigenvalue weighted by Gasteiger charge is 2.05. The van der Waals surface area contributed by atoms with Gasteiger partial charge in [-0.1, -0.05) is 18.5 Å². The van der Waals surface area contributed by atoms with Gasteiger partial charge >= 0.3 is 0 Å². The smallest absolute Gasteiger partial charge is 0.224 e. The van der Waals surface area contributed by atoms with Gasteiger partial charge in [0, 0.05) is 26.2 Å². The van der Waals surface area contributed by atoms with E-state index in [1.165, 1.54) is 0 Å². The lowest BCUT2D eigenvalue weighted by atomic mass is 10.2. The first-order chi connectivity index (χ1) is 7.04. The Balaban J connectivity index is 2.87. The van der Waals surface area contributed by atoms with Crippen molar-refractivity contribution in [1.82, 2.24) is 0 Å². The van der Waals surface area contributed by atoms with Gasteiger partial charge in [0.1, 0.15) is 0 Å². The summed E-state index contributed by atoms with van der Waals surface area (Å²) < 4.78 is 0. The number of anilines is 2. The molecule has 0 aromatic heterocycles. The van der Waals surface area contributed by atoms with E-state index in [0.29, 0.717) is 11.4 Å². The van der Waals surface area contributed by atoms with E-state index >= 15 is 0 Å². The van der Waals surface area contributed by atoms with Crippen molar-refractivity contribution in [2.45, 2.75) is 13.3 Å². The van der Waals surface area contributed by atoms with E-state index < -0.39 is 0 Å². The number of rotatable bonds is 3. The van der Waals surface area contributed by atoms with E-state index in [4.69, 9.17) is 11.6 Å². The van der Waals surface area contributed by atoms with Crippen LogP contribution in [0.3, 0.4) is 0 Å². The zero-order valence-corrected chi connectivity index (χ0v) is 9.93. The van der Waals surface area contributed by atoms with Gasteiger partial charge < -0.3 is 10.2 Å². The van der Waals surface area contributed by atoms with Crippen LogP contribution in [-0.4, -0.2) is 20.0 Å². The number of nitrogens with zero attached hydrogens (tertiary/aromatic N) is 1. The van der Waals surface area contributed by atoms with Gasteiger partial charge in [0.25, 0.3) is 0 Å². The quantitative estimate of drug-likeness (QED) is 0.860. The van der Waals surface area contributed by atoms with Gasteiger partial charge in [0.05, 0.1) is 10.7 Å². The lowest BCUT2D eigenvalue weighted by molar-refractivity contribution is -0.115. The molecule has 0 unspecified atom stereocenters. The van der Waals surface area contributed by atoms with Crippen LogP contribution in [0.2, 0.25) is 5.02 Å². The van der Waals surface area contributed by atoms with Crippen LogP contribution in [0.5, 0.6) is 0 Å². The van der Waals surface area contributed by atoms with E-state index in [1.807, 2.05) is 38.1 Å². The molecule has 82 valence electrons. The highest BCUT2D eigenvalue weighted by molar-refractivity contribution is 6.33. The molecule has 1 aromatic rings. The first-order valence-electron chi connectivity index (χ1n) is 4.81. The van der Waals surface area contributed by atoms with E-state index in [0.717, 1.165) is 11.4 Å². The van der Waals surface area contributed by atoms with Crippen molar-refractivity contribution in [3.8, 4) is 0 Å². The minimum absolute atomic E-state index is 0.0105. The Morgan fingerprint density at radius 1 is 1.47 bits per heavy atom. The zero-order valence-electron chi connectivity index (χ0n) is 9.17. The zero-order chi connectivity index (χ0) is 11.4. The molecule has 1 rings (SSSR count). The molecule has 1 amide bonds. The molecule has 1 aromatic carbocycles. The van der Waals surface area contributed by atoms with E-state index in [9.17, 15) is 4.79 Å². The fourth-order valence-electron chi connectivity index (χ4n) is 1.20. The standard InChI is InChI=1S/C11H15ClN2O/c1-4-11(15)13-8-5-6-10(14(2)3)9(12)7-8/h5-7H,4H2,1-3H3,(H,13,15).